The van der Waals surface area contributed by atoms with E-state index in [1.165, 1.54) is 6.07 Å². The fourth-order valence-corrected chi connectivity index (χ4v) is 2.52. The molecule has 0 fully saturated rings. The minimum absolute atomic E-state index is 0.0742. The Bertz CT molecular complexity index is 610. The molecule has 0 saturated carbocycles. The lowest BCUT2D eigenvalue weighted by Gasteiger charge is -2.15. The number of anilines is 1. The number of aromatic nitrogens is 1. The van der Waals surface area contributed by atoms with Gasteiger partial charge in [-0.1, -0.05) is 0 Å². The molecule has 1 aromatic carbocycles. The zero-order valence-electron chi connectivity index (χ0n) is 11.0. The van der Waals surface area contributed by atoms with Crippen LogP contribution >= 0.6 is 11.3 Å². The van der Waals surface area contributed by atoms with E-state index in [0.717, 1.165) is 22.0 Å². The molecule has 6 heteroatoms. The Hall–Kier alpha value is -1.95. The molecule has 0 aliphatic rings. The molecule has 1 unspecified atom stereocenters. The molecule has 0 spiro atoms. The van der Waals surface area contributed by atoms with Crippen LogP contribution in [0.2, 0.25) is 0 Å². The lowest BCUT2D eigenvalue weighted by atomic mass is 10.1. The van der Waals surface area contributed by atoms with Crippen molar-refractivity contribution in [2.75, 3.05) is 5.32 Å². The number of nitrogens with zero attached hydrogens (tertiary/aromatic N) is 2. The molecule has 5 nitrogen and oxygen atoms in total. The van der Waals surface area contributed by atoms with Crippen LogP contribution in [0, 0.1) is 24.0 Å². The fourth-order valence-electron chi connectivity index (χ4n) is 1.81. The average Bonchev–Trinajstić information content (AvgIpc) is 2.78. The molecule has 0 radical (unpaired) electrons. The van der Waals surface area contributed by atoms with Gasteiger partial charge in [-0.25, -0.2) is 4.98 Å². The highest BCUT2D eigenvalue weighted by atomic mass is 32.1. The molecular weight excluding hydrogens is 262 g/mol. The van der Waals surface area contributed by atoms with Gasteiger partial charge in [-0.15, -0.1) is 11.3 Å². The minimum atomic E-state index is -0.385. The van der Waals surface area contributed by atoms with Crippen molar-refractivity contribution in [1.82, 2.24) is 4.98 Å². The number of benzene rings is 1. The van der Waals surface area contributed by atoms with Crippen molar-refractivity contribution >= 4 is 22.7 Å². The summed E-state index contributed by atoms with van der Waals surface area (Å²) in [5.41, 5.74) is 2.84. The maximum Gasteiger partial charge on any atom is 0.269 e. The summed E-state index contributed by atoms with van der Waals surface area (Å²) in [6, 6.07) is 4.89. The molecule has 2 aromatic rings. The lowest BCUT2D eigenvalue weighted by molar-refractivity contribution is -0.384. The van der Waals surface area contributed by atoms with Crippen LogP contribution in [-0.4, -0.2) is 9.91 Å². The third kappa shape index (κ3) is 3.08. The van der Waals surface area contributed by atoms with E-state index < -0.39 is 0 Å². The van der Waals surface area contributed by atoms with Crippen molar-refractivity contribution in [3.8, 4) is 0 Å². The van der Waals surface area contributed by atoms with Crippen molar-refractivity contribution in [3.05, 3.63) is 50.0 Å². The number of nitro groups is 1. The normalized spacial score (nSPS) is 12.2. The zero-order chi connectivity index (χ0) is 14.0. The van der Waals surface area contributed by atoms with Gasteiger partial charge in [0.05, 0.1) is 21.7 Å². The molecule has 0 aliphatic carbocycles. The van der Waals surface area contributed by atoms with Gasteiger partial charge in [0.1, 0.15) is 0 Å². The third-order valence-electron chi connectivity index (χ3n) is 2.87. The number of aryl methyl sites for hydroxylation is 2. The Morgan fingerprint density at radius 2 is 2.16 bits per heavy atom. The summed E-state index contributed by atoms with van der Waals surface area (Å²) >= 11 is 1.61. The SMILES string of the molecule is Cc1nc(C(C)Nc2ccc([N+](=O)[O-])cc2C)cs1. The van der Waals surface area contributed by atoms with E-state index in [1.54, 1.807) is 23.5 Å². The zero-order valence-corrected chi connectivity index (χ0v) is 11.8. The van der Waals surface area contributed by atoms with Crippen LogP contribution in [-0.2, 0) is 0 Å². The topological polar surface area (TPSA) is 68.1 Å². The lowest BCUT2D eigenvalue weighted by Crippen LogP contribution is -2.08. The first kappa shape index (κ1) is 13.5. The summed E-state index contributed by atoms with van der Waals surface area (Å²) in [5.74, 6) is 0. The van der Waals surface area contributed by atoms with Crippen LogP contribution in [0.1, 0.15) is 29.2 Å². The Labute approximate surface area is 115 Å². The van der Waals surface area contributed by atoms with E-state index >= 15 is 0 Å². The molecule has 1 heterocycles. The van der Waals surface area contributed by atoms with E-state index in [4.69, 9.17) is 0 Å². The van der Waals surface area contributed by atoms with Crippen LogP contribution in [0.15, 0.2) is 23.6 Å². The number of thiazole rings is 1. The maximum atomic E-state index is 10.7. The number of rotatable bonds is 4. The molecule has 100 valence electrons. The highest BCUT2D eigenvalue weighted by Crippen LogP contribution is 2.25. The quantitative estimate of drug-likeness (QED) is 0.681. The van der Waals surface area contributed by atoms with Gasteiger partial charge in [-0.2, -0.15) is 0 Å². The summed E-state index contributed by atoms with van der Waals surface area (Å²) in [6.07, 6.45) is 0. The highest BCUT2D eigenvalue weighted by Gasteiger charge is 2.12. The molecule has 2 rings (SSSR count). The van der Waals surface area contributed by atoms with Gasteiger partial charge in [-0.05, 0) is 32.4 Å². The van der Waals surface area contributed by atoms with E-state index in [-0.39, 0.29) is 16.7 Å². The monoisotopic (exact) mass is 277 g/mol. The summed E-state index contributed by atoms with van der Waals surface area (Å²) in [6.45, 7) is 5.85. The van der Waals surface area contributed by atoms with E-state index in [1.807, 2.05) is 26.2 Å². The number of nitrogens with one attached hydrogen (secondary N) is 1. The Morgan fingerprint density at radius 3 is 2.68 bits per heavy atom. The summed E-state index contributed by atoms with van der Waals surface area (Å²) in [4.78, 5) is 14.7. The van der Waals surface area contributed by atoms with Crippen molar-refractivity contribution < 1.29 is 4.92 Å². The average molecular weight is 277 g/mol. The molecule has 1 aromatic heterocycles. The Kier molecular flexibility index (Phi) is 3.80. The number of hydrogen-bond donors (Lipinski definition) is 1. The summed E-state index contributed by atoms with van der Waals surface area (Å²) < 4.78 is 0. The van der Waals surface area contributed by atoms with Crippen LogP contribution in [0.3, 0.4) is 0 Å². The van der Waals surface area contributed by atoms with Gasteiger partial charge >= 0.3 is 0 Å². The molecule has 1 atom stereocenters. The second-order valence-corrected chi connectivity index (χ2v) is 5.48. The Balaban J connectivity index is 2.17. The van der Waals surface area contributed by atoms with Crippen LogP contribution in [0.5, 0.6) is 0 Å². The first-order valence-corrected chi connectivity index (χ1v) is 6.79. The minimum Gasteiger partial charge on any atom is -0.377 e. The molecule has 0 bridgehead atoms. The van der Waals surface area contributed by atoms with Crippen LogP contribution in [0.4, 0.5) is 11.4 Å². The molecular formula is C13H15N3O2S. The van der Waals surface area contributed by atoms with Crippen molar-refractivity contribution in [1.29, 1.82) is 0 Å². The van der Waals surface area contributed by atoms with Crippen molar-refractivity contribution in [2.24, 2.45) is 0 Å². The van der Waals surface area contributed by atoms with E-state index in [2.05, 4.69) is 10.3 Å². The van der Waals surface area contributed by atoms with Gasteiger partial charge in [-0.3, -0.25) is 10.1 Å². The second kappa shape index (κ2) is 5.36. The van der Waals surface area contributed by atoms with Gasteiger partial charge in [0.2, 0.25) is 0 Å². The van der Waals surface area contributed by atoms with Crippen molar-refractivity contribution in [2.45, 2.75) is 26.8 Å². The van der Waals surface area contributed by atoms with Gasteiger partial charge < -0.3 is 5.32 Å². The highest BCUT2D eigenvalue weighted by molar-refractivity contribution is 7.09. The van der Waals surface area contributed by atoms with Gasteiger partial charge in [0, 0.05) is 23.2 Å². The summed E-state index contributed by atoms with van der Waals surface area (Å²) in [5, 5.41) is 17.1. The predicted molar refractivity (Wildman–Crippen MR) is 76.7 cm³/mol. The first-order valence-electron chi connectivity index (χ1n) is 5.91. The molecule has 19 heavy (non-hydrogen) atoms. The fraction of sp³-hybridized carbons (Fsp3) is 0.308. The van der Waals surface area contributed by atoms with Gasteiger partial charge in [0.15, 0.2) is 0 Å². The number of nitro benzene ring substituents is 1. The Morgan fingerprint density at radius 1 is 1.42 bits per heavy atom. The smallest absolute Gasteiger partial charge is 0.269 e. The number of non-ortho nitro benzene ring substituents is 1. The van der Waals surface area contributed by atoms with Crippen LogP contribution in [0.25, 0.3) is 0 Å². The maximum absolute atomic E-state index is 10.7. The van der Waals surface area contributed by atoms with Gasteiger partial charge in [0.25, 0.3) is 5.69 Å². The standard InChI is InChI=1S/C13H15N3O2S/c1-8-6-11(16(17)18)4-5-12(8)14-9(2)13-7-19-10(3)15-13/h4-7,9,14H,1-3H3. The second-order valence-electron chi connectivity index (χ2n) is 4.41. The largest absolute Gasteiger partial charge is 0.377 e. The molecule has 0 aliphatic heterocycles. The molecule has 0 amide bonds. The van der Waals surface area contributed by atoms with E-state index in [9.17, 15) is 10.1 Å². The van der Waals surface area contributed by atoms with Crippen LogP contribution < -0.4 is 5.32 Å². The number of hydrogen-bond acceptors (Lipinski definition) is 5. The van der Waals surface area contributed by atoms with Crippen molar-refractivity contribution in [3.63, 3.8) is 0 Å². The summed E-state index contributed by atoms with van der Waals surface area (Å²) in [7, 11) is 0. The third-order valence-corrected chi connectivity index (χ3v) is 3.66. The molecule has 1 N–H and O–H groups in total. The molecule has 0 saturated heterocycles. The predicted octanol–water partition coefficient (Wildman–Crippen LogP) is 3.84. The van der Waals surface area contributed by atoms with E-state index in [0.29, 0.717) is 0 Å². The first-order chi connectivity index (χ1) is 8.97.